The first-order valence-corrected chi connectivity index (χ1v) is 10.2. The third-order valence-corrected chi connectivity index (χ3v) is 5.21. The van der Waals surface area contributed by atoms with Crippen LogP contribution in [0.25, 0.3) is 0 Å². The van der Waals surface area contributed by atoms with E-state index in [4.69, 9.17) is 9.97 Å². The largest absolute Gasteiger partial charge is 0.354 e. The number of carbonyl (C=O) groups excluding carboxylic acids is 2. The Balaban J connectivity index is 1.74. The number of likely N-dealkylation sites (tertiary alicyclic amines) is 1. The summed E-state index contributed by atoms with van der Waals surface area (Å²) < 4.78 is 0. The van der Waals surface area contributed by atoms with Gasteiger partial charge in [0.25, 0.3) is 5.91 Å². The average Bonchev–Trinajstić information content (AvgIpc) is 2.70. The maximum absolute atomic E-state index is 12.8. The molecule has 1 atom stereocenters. The van der Waals surface area contributed by atoms with E-state index in [1.54, 1.807) is 24.5 Å². The van der Waals surface area contributed by atoms with Gasteiger partial charge in [-0.2, -0.15) is 0 Å². The Morgan fingerprint density at radius 3 is 2.59 bits per heavy atom. The lowest BCUT2D eigenvalue weighted by Crippen LogP contribution is -2.39. The maximum Gasteiger partial charge on any atom is 0.255 e. The van der Waals surface area contributed by atoms with Gasteiger partial charge in [0.1, 0.15) is 5.82 Å². The molecule has 3 rings (SSSR count). The van der Waals surface area contributed by atoms with E-state index in [0.29, 0.717) is 12.1 Å². The van der Waals surface area contributed by atoms with E-state index in [1.165, 1.54) is 0 Å². The molecule has 7 nitrogen and oxygen atoms in total. The minimum absolute atomic E-state index is 0.00165. The van der Waals surface area contributed by atoms with Gasteiger partial charge in [0.15, 0.2) is 0 Å². The van der Waals surface area contributed by atoms with Gasteiger partial charge in [0, 0.05) is 54.4 Å². The SMILES string of the molecule is Cc1nc([C@H]2CCCN(C(=O)c3cccnc3)C2)nc(C)c1CC(=O)NC(C)C. The van der Waals surface area contributed by atoms with Crippen molar-refractivity contribution < 1.29 is 9.59 Å². The number of hydrogen-bond acceptors (Lipinski definition) is 5. The van der Waals surface area contributed by atoms with Gasteiger partial charge in [-0.3, -0.25) is 14.6 Å². The number of aromatic nitrogens is 3. The molecule has 1 N–H and O–H groups in total. The second-order valence-electron chi connectivity index (χ2n) is 7.96. The summed E-state index contributed by atoms with van der Waals surface area (Å²) in [5.41, 5.74) is 3.16. The molecular weight excluding hydrogens is 366 g/mol. The van der Waals surface area contributed by atoms with Crippen molar-refractivity contribution in [2.75, 3.05) is 13.1 Å². The summed E-state index contributed by atoms with van der Waals surface area (Å²) >= 11 is 0. The van der Waals surface area contributed by atoms with Crippen LogP contribution < -0.4 is 5.32 Å². The van der Waals surface area contributed by atoms with E-state index >= 15 is 0 Å². The molecule has 0 radical (unpaired) electrons. The van der Waals surface area contributed by atoms with Gasteiger partial charge in [-0.15, -0.1) is 0 Å². The van der Waals surface area contributed by atoms with Crippen molar-refractivity contribution in [2.45, 2.75) is 58.9 Å². The summed E-state index contributed by atoms with van der Waals surface area (Å²) in [6.45, 7) is 9.07. The first-order valence-electron chi connectivity index (χ1n) is 10.2. The minimum atomic E-state index is -0.0199. The van der Waals surface area contributed by atoms with Crippen molar-refractivity contribution in [3.05, 3.63) is 52.9 Å². The van der Waals surface area contributed by atoms with E-state index in [9.17, 15) is 9.59 Å². The number of carbonyl (C=O) groups is 2. The zero-order valence-corrected chi connectivity index (χ0v) is 17.6. The summed E-state index contributed by atoms with van der Waals surface area (Å²) in [6.07, 6.45) is 5.41. The number of rotatable bonds is 5. The molecule has 0 aliphatic carbocycles. The highest BCUT2D eigenvalue weighted by Crippen LogP contribution is 2.27. The van der Waals surface area contributed by atoms with Gasteiger partial charge < -0.3 is 10.2 Å². The summed E-state index contributed by atoms with van der Waals surface area (Å²) in [7, 11) is 0. The molecule has 3 heterocycles. The van der Waals surface area contributed by atoms with Crippen molar-refractivity contribution in [2.24, 2.45) is 0 Å². The first-order chi connectivity index (χ1) is 13.8. The second-order valence-corrected chi connectivity index (χ2v) is 7.96. The Morgan fingerprint density at radius 2 is 1.97 bits per heavy atom. The van der Waals surface area contributed by atoms with Crippen LogP contribution in [0, 0.1) is 13.8 Å². The zero-order chi connectivity index (χ0) is 21.0. The minimum Gasteiger partial charge on any atom is -0.354 e. The number of pyridine rings is 1. The Bertz CT molecular complexity index is 859. The summed E-state index contributed by atoms with van der Waals surface area (Å²) in [5.74, 6) is 0.837. The topological polar surface area (TPSA) is 88.1 Å². The monoisotopic (exact) mass is 395 g/mol. The van der Waals surface area contributed by atoms with Gasteiger partial charge in [0.05, 0.1) is 12.0 Å². The molecule has 1 aliphatic heterocycles. The molecule has 29 heavy (non-hydrogen) atoms. The predicted molar refractivity (Wildman–Crippen MR) is 111 cm³/mol. The van der Waals surface area contributed by atoms with Crippen molar-refractivity contribution in [3.63, 3.8) is 0 Å². The van der Waals surface area contributed by atoms with Crippen LogP contribution in [0.4, 0.5) is 0 Å². The van der Waals surface area contributed by atoms with Crippen LogP contribution in [0.15, 0.2) is 24.5 Å². The van der Waals surface area contributed by atoms with Gasteiger partial charge in [-0.1, -0.05) is 0 Å². The molecule has 0 unspecified atom stereocenters. The Kier molecular flexibility index (Phi) is 6.56. The van der Waals surface area contributed by atoms with Crippen LogP contribution in [-0.4, -0.2) is 50.8 Å². The molecule has 2 amide bonds. The number of amides is 2. The van der Waals surface area contributed by atoms with Gasteiger partial charge in [-0.25, -0.2) is 9.97 Å². The average molecular weight is 396 g/mol. The second kappa shape index (κ2) is 9.11. The van der Waals surface area contributed by atoms with Crippen LogP contribution in [0.1, 0.15) is 65.7 Å². The van der Waals surface area contributed by atoms with E-state index < -0.39 is 0 Å². The Labute approximate surface area is 172 Å². The van der Waals surface area contributed by atoms with Crippen LogP contribution in [0.2, 0.25) is 0 Å². The van der Waals surface area contributed by atoms with Crippen molar-refractivity contribution in [1.29, 1.82) is 0 Å². The van der Waals surface area contributed by atoms with Crippen molar-refractivity contribution in [1.82, 2.24) is 25.2 Å². The molecule has 7 heteroatoms. The predicted octanol–water partition coefficient (Wildman–Crippen LogP) is 2.58. The molecular formula is C22H29N5O2. The standard InChI is InChI=1S/C22H29N5O2/c1-14(2)24-20(28)11-19-15(3)25-21(26-16(19)4)18-8-6-10-27(13-18)22(29)17-7-5-9-23-12-17/h5,7,9,12,14,18H,6,8,10-11,13H2,1-4H3,(H,24,28)/t18-/m0/s1. The highest BCUT2D eigenvalue weighted by atomic mass is 16.2. The summed E-state index contributed by atoms with van der Waals surface area (Å²) in [5, 5.41) is 2.91. The molecule has 0 spiro atoms. The number of nitrogens with one attached hydrogen (secondary N) is 1. The van der Waals surface area contributed by atoms with Gasteiger partial charge in [-0.05, 0) is 52.7 Å². The number of piperidine rings is 1. The quantitative estimate of drug-likeness (QED) is 0.841. The smallest absolute Gasteiger partial charge is 0.255 e. The fourth-order valence-electron chi connectivity index (χ4n) is 3.78. The molecule has 2 aromatic rings. The maximum atomic E-state index is 12.8. The lowest BCUT2D eigenvalue weighted by molar-refractivity contribution is -0.120. The van der Waals surface area contributed by atoms with E-state index in [1.807, 2.05) is 32.6 Å². The van der Waals surface area contributed by atoms with Crippen LogP contribution in [0.3, 0.4) is 0 Å². The Morgan fingerprint density at radius 1 is 1.24 bits per heavy atom. The molecule has 0 bridgehead atoms. The van der Waals surface area contributed by atoms with Gasteiger partial charge >= 0.3 is 0 Å². The number of aryl methyl sites for hydroxylation is 2. The van der Waals surface area contributed by atoms with Crippen molar-refractivity contribution in [3.8, 4) is 0 Å². The van der Waals surface area contributed by atoms with E-state index in [2.05, 4.69) is 10.3 Å². The molecule has 2 aromatic heterocycles. The molecule has 154 valence electrons. The third-order valence-electron chi connectivity index (χ3n) is 5.21. The van der Waals surface area contributed by atoms with Crippen molar-refractivity contribution >= 4 is 11.8 Å². The third kappa shape index (κ3) is 5.16. The highest BCUT2D eigenvalue weighted by Gasteiger charge is 2.28. The highest BCUT2D eigenvalue weighted by molar-refractivity contribution is 5.94. The lowest BCUT2D eigenvalue weighted by Gasteiger charge is -2.32. The lowest BCUT2D eigenvalue weighted by atomic mass is 9.95. The fourth-order valence-corrected chi connectivity index (χ4v) is 3.78. The molecule has 0 saturated carbocycles. The molecule has 1 aliphatic rings. The molecule has 0 aromatic carbocycles. The fraction of sp³-hybridized carbons (Fsp3) is 0.500. The summed E-state index contributed by atoms with van der Waals surface area (Å²) in [4.78, 5) is 40.3. The van der Waals surface area contributed by atoms with E-state index in [-0.39, 0.29) is 30.2 Å². The zero-order valence-electron chi connectivity index (χ0n) is 17.6. The van der Waals surface area contributed by atoms with Crippen LogP contribution >= 0.6 is 0 Å². The normalized spacial score (nSPS) is 16.7. The van der Waals surface area contributed by atoms with Crippen LogP contribution in [0.5, 0.6) is 0 Å². The number of hydrogen-bond donors (Lipinski definition) is 1. The van der Waals surface area contributed by atoms with E-state index in [0.717, 1.165) is 42.2 Å². The number of nitrogens with zero attached hydrogens (tertiary/aromatic N) is 4. The summed E-state index contributed by atoms with van der Waals surface area (Å²) in [6, 6.07) is 3.67. The first kappa shape index (κ1) is 20.9. The molecule has 1 saturated heterocycles. The molecule has 1 fully saturated rings. The van der Waals surface area contributed by atoms with Gasteiger partial charge in [0.2, 0.25) is 5.91 Å². The Hall–Kier alpha value is -2.83. The van der Waals surface area contributed by atoms with Crippen LogP contribution in [-0.2, 0) is 11.2 Å².